The predicted octanol–water partition coefficient (Wildman–Crippen LogP) is 1.31. The van der Waals surface area contributed by atoms with Crippen molar-refractivity contribution < 1.29 is 33.6 Å². The molecule has 0 aliphatic carbocycles. The number of ether oxygens (including phenoxy) is 4. The lowest BCUT2D eigenvalue weighted by atomic mass is 10.2. The lowest BCUT2D eigenvalue weighted by molar-refractivity contribution is -0.181. The fourth-order valence-electron chi connectivity index (χ4n) is 3.35. The standard InChI is InChI=1S/C22H23N3O8S/c1-30-14-4-2-3-12(5-14)6-23-20(27)18-24-19(26)17-13(11-34-21(17)25-18)7-31-8-15-9-33-16(10-32-15)22(28)29/h2-5,11,15-16H,6-10H2,1H3,(H,23,27)(H,28,29)(H,24,25,26). The van der Waals surface area contributed by atoms with Gasteiger partial charge in [-0.05, 0) is 23.1 Å². The molecule has 1 aliphatic heterocycles. The number of nitrogens with one attached hydrogen (secondary N) is 2. The molecule has 3 heterocycles. The number of thiophene rings is 1. The Morgan fingerprint density at radius 2 is 2.18 bits per heavy atom. The Morgan fingerprint density at radius 1 is 1.32 bits per heavy atom. The number of H-pyrrole nitrogens is 1. The normalized spacial score (nSPS) is 18.0. The van der Waals surface area contributed by atoms with Crippen LogP contribution in [-0.2, 0) is 32.2 Å². The van der Waals surface area contributed by atoms with Crippen LogP contribution >= 0.6 is 11.3 Å². The van der Waals surface area contributed by atoms with Crippen molar-refractivity contribution in [2.75, 3.05) is 26.9 Å². The highest BCUT2D eigenvalue weighted by molar-refractivity contribution is 7.16. The maximum atomic E-state index is 12.7. The van der Waals surface area contributed by atoms with Crippen molar-refractivity contribution in [1.82, 2.24) is 15.3 Å². The second kappa shape index (κ2) is 10.7. The molecule has 2 aromatic heterocycles. The molecule has 4 rings (SSSR count). The second-order valence-corrected chi connectivity index (χ2v) is 8.38. The molecule has 1 aromatic carbocycles. The third kappa shape index (κ3) is 5.59. The summed E-state index contributed by atoms with van der Waals surface area (Å²) in [7, 11) is 1.57. The van der Waals surface area contributed by atoms with Crippen molar-refractivity contribution in [2.24, 2.45) is 0 Å². The van der Waals surface area contributed by atoms with Crippen molar-refractivity contribution >= 4 is 33.4 Å². The Hall–Kier alpha value is -3.32. The van der Waals surface area contributed by atoms with Crippen molar-refractivity contribution in [3.05, 3.63) is 57.0 Å². The summed E-state index contributed by atoms with van der Waals surface area (Å²) < 4.78 is 21.5. The summed E-state index contributed by atoms with van der Waals surface area (Å²) in [5, 5.41) is 13.8. The average molecular weight is 490 g/mol. The van der Waals surface area contributed by atoms with E-state index in [2.05, 4.69) is 15.3 Å². The van der Waals surface area contributed by atoms with Gasteiger partial charge >= 0.3 is 5.97 Å². The fraction of sp³-hybridized carbons (Fsp3) is 0.364. The van der Waals surface area contributed by atoms with Crippen LogP contribution in [0.4, 0.5) is 0 Å². The molecule has 0 spiro atoms. The van der Waals surface area contributed by atoms with E-state index in [1.807, 2.05) is 12.1 Å². The number of fused-ring (bicyclic) bond motifs is 1. The van der Waals surface area contributed by atoms with E-state index in [0.29, 0.717) is 21.5 Å². The van der Waals surface area contributed by atoms with Crippen molar-refractivity contribution in [2.45, 2.75) is 25.4 Å². The number of carbonyl (C=O) groups excluding carboxylic acids is 1. The lowest BCUT2D eigenvalue weighted by Crippen LogP contribution is -2.42. The Bertz CT molecular complexity index is 1230. The predicted molar refractivity (Wildman–Crippen MR) is 121 cm³/mol. The first kappa shape index (κ1) is 23.8. The van der Waals surface area contributed by atoms with E-state index >= 15 is 0 Å². The summed E-state index contributed by atoms with van der Waals surface area (Å²) in [5.74, 6) is -0.957. The van der Waals surface area contributed by atoms with Gasteiger partial charge in [0.05, 0.1) is 38.9 Å². The van der Waals surface area contributed by atoms with Crippen molar-refractivity contribution in [3.8, 4) is 5.75 Å². The molecular formula is C22H23N3O8S. The molecule has 1 amide bonds. The van der Waals surface area contributed by atoms with Crippen molar-refractivity contribution in [1.29, 1.82) is 0 Å². The third-order valence-corrected chi connectivity index (χ3v) is 6.05. The van der Waals surface area contributed by atoms with E-state index in [9.17, 15) is 14.4 Å². The van der Waals surface area contributed by atoms with Gasteiger partial charge in [-0.15, -0.1) is 11.3 Å². The van der Waals surface area contributed by atoms with E-state index in [4.69, 9.17) is 24.1 Å². The lowest BCUT2D eigenvalue weighted by Gasteiger charge is -2.27. The largest absolute Gasteiger partial charge is 0.497 e. The molecule has 3 aromatic rings. The molecule has 11 nitrogen and oxygen atoms in total. The number of methoxy groups -OCH3 is 1. The van der Waals surface area contributed by atoms with Gasteiger partial charge in [0.15, 0.2) is 6.10 Å². The number of rotatable bonds is 9. The molecular weight excluding hydrogens is 466 g/mol. The summed E-state index contributed by atoms with van der Waals surface area (Å²) in [6, 6.07) is 7.28. The molecule has 0 saturated carbocycles. The van der Waals surface area contributed by atoms with Gasteiger partial charge in [0.25, 0.3) is 11.5 Å². The average Bonchev–Trinajstić information content (AvgIpc) is 3.26. The van der Waals surface area contributed by atoms with Crippen LogP contribution in [0.25, 0.3) is 10.2 Å². The maximum Gasteiger partial charge on any atom is 0.335 e. The zero-order valence-electron chi connectivity index (χ0n) is 18.2. The smallest absolute Gasteiger partial charge is 0.335 e. The maximum absolute atomic E-state index is 12.7. The highest BCUT2D eigenvalue weighted by Crippen LogP contribution is 2.22. The first-order valence-corrected chi connectivity index (χ1v) is 11.3. The van der Waals surface area contributed by atoms with Crippen LogP contribution in [0.2, 0.25) is 0 Å². The van der Waals surface area contributed by atoms with Crippen LogP contribution in [-0.4, -0.2) is 66.1 Å². The van der Waals surface area contributed by atoms with Crippen LogP contribution in [0.3, 0.4) is 0 Å². The van der Waals surface area contributed by atoms with Gasteiger partial charge in [-0.25, -0.2) is 9.78 Å². The first-order valence-electron chi connectivity index (χ1n) is 10.4. The first-order chi connectivity index (χ1) is 16.4. The number of aliphatic carboxylic acids is 1. The van der Waals surface area contributed by atoms with Gasteiger partial charge in [-0.1, -0.05) is 12.1 Å². The monoisotopic (exact) mass is 489 g/mol. The van der Waals surface area contributed by atoms with Gasteiger partial charge in [-0.3, -0.25) is 9.59 Å². The molecule has 3 N–H and O–H groups in total. The highest BCUT2D eigenvalue weighted by Gasteiger charge is 2.27. The van der Waals surface area contributed by atoms with E-state index < -0.39 is 29.6 Å². The molecule has 2 unspecified atom stereocenters. The van der Waals surface area contributed by atoms with Crippen molar-refractivity contribution in [3.63, 3.8) is 0 Å². The van der Waals surface area contributed by atoms with Gasteiger partial charge < -0.3 is 34.4 Å². The number of nitrogens with zero attached hydrogens (tertiary/aromatic N) is 1. The van der Waals surface area contributed by atoms with E-state index in [0.717, 1.165) is 5.56 Å². The zero-order valence-corrected chi connectivity index (χ0v) is 19.1. The number of hydrogen-bond donors (Lipinski definition) is 3. The van der Waals surface area contributed by atoms with E-state index in [-0.39, 0.29) is 38.8 Å². The second-order valence-electron chi connectivity index (χ2n) is 7.52. The van der Waals surface area contributed by atoms with Crippen LogP contribution in [0.1, 0.15) is 21.7 Å². The minimum atomic E-state index is -1.07. The molecule has 1 fully saturated rings. The number of carboxylic acid groups (broad SMARTS) is 1. The van der Waals surface area contributed by atoms with Gasteiger partial charge in [0.2, 0.25) is 5.82 Å². The van der Waals surface area contributed by atoms with E-state index in [1.165, 1.54) is 11.3 Å². The Kier molecular flexibility index (Phi) is 7.53. The van der Waals surface area contributed by atoms with Gasteiger partial charge in [-0.2, -0.15) is 0 Å². The van der Waals surface area contributed by atoms with Gasteiger partial charge in [0, 0.05) is 12.1 Å². The number of carboxylic acids is 1. The van der Waals surface area contributed by atoms with Crippen LogP contribution < -0.4 is 15.6 Å². The molecule has 12 heteroatoms. The summed E-state index contributed by atoms with van der Waals surface area (Å²) in [5.41, 5.74) is 1.05. The van der Waals surface area contributed by atoms with Crippen LogP contribution in [0.5, 0.6) is 5.75 Å². The number of carbonyl (C=O) groups is 2. The van der Waals surface area contributed by atoms with Crippen LogP contribution in [0.15, 0.2) is 34.4 Å². The minimum Gasteiger partial charge on any atom is -0.497 e. The molecule has 0 bridgehead atoms. The fourth-order valence-corrected chi connectivity index (χ4v) is 4.28. The molecule has 0 radical (unpaired) electrons. The Balaban J connectivity index is 1.35. The third-order valence-electron chi connectivity index (χ3n) is 5.13. The molecule has 1 saturated heterocycles. The quantitative estimate of drug-likeness (QED) is 0.404. The highest BCUT2D eigenvalue weighted by atomic mass is 32.1. The molecule has 180 valence electrons. The number of benzene rings is 1. The number of aromatic amines is 1. The minimum absolute atomic E-state index is 0.0447. The number of hydrogen-bond acceptors (Lipinski definition) is 9. The summed E-state index contributed by atoms with van der Waals surface area (Å²) in [6.07, 6.45) is -1.36. The topological polar surface area (TPSA) is 149 Å². The Morgan fingerprint density at radius 3 is 2.91 bits per heavy atom. The summed E-state index contributed by atoms with van der Waals surface area (Å²) >= 11 is 1.24. The Labute approximate surface area is 197 Å². The number of aromatic nitrogens is 2. The zero-order chi connectivity index (χ0) is 24.1. The molecule has 34 heavy (non-hydrogen) atoms. The van der Waals surface area contributed by atoms with Crippen LogP contribution in [0, 0.1) is 0 Å². The molecule has 2 atom stereocenters. The summed E-state index contributed by atoms with van der Waals surface area (Å²) in [6.45, 7) is 0.629. The SMILES string of the molecule is COc1cccc(CNC(=O)c2nc3scc(COCC4COC(C(=O)O)CO4)c3c(=O)[nH]2)c1. The van der Waals surface area contributed by atoms with Gasteiger partial charge in [0.1, 0.15) is 16.7 Å². The van der Waals surface area contributed by atoms with E-state index in [1.54, 1.807) is 24.6 Å². The molecule has 1 aliphatic rings. The number of amides is 1. The summed E-state index contributed by atoms with van der Waals surface area (Å²) in [4.78, 5) is 43.3.